The molecule has 4 aromatic rings. The zero-order chi connectivity index (χ0) is 17.4. The van der Waals surface area contributed by atoms with E-state index in [1.54, 1.807) is 11.5 Å². The summed E-state index contributed by atoms with van der Waals surface area (Å²) in [7, 11) is 1.61. The van der Waals surface area contributed by atoms with Gasteiger partial charge in [-0.2, -0.15) is 0 Å². The van der Waals surface area contributed by atoms with E-state index in [2.05, 4.69) is 4.98 Å². The summed E-state index contributed by atoms with van der Waals surface area (Å²) >= 11 is 1.39. The number of benzene rings is 2. The SMILES string of the molecule is CCOc1cc(/C=c2\sc3nc4ccccc4n3c2=O)ccc1OC. The Morgan fingerprint density at radius 3 is 2.84 bits per heavy atom. The molecule has 0 saturated heterocycles. The first-order valence-corrected chi connectivity index (χ1v) is 8.75. The molecular weight excluding hydrogens is 336 g/mol. The molecule has 0 fully saturated rings. The van der Waals surface area contributed by atoms with Crippen LogP contribution in [0.4, 0.5) is 0 Å². The van der Waals surface area contributed by atoms with E-state index in [1.807, 2.05) is 55.5 Å². The van der Waals surface area contributed by atoms with Gasteiger partial charge in [-0.05, 0) is 42.8 Å². The van der Waals surface area contributed by atoms with Crippen molar-refractivity contribution in [3.63, 3.8) is 0 Å². The molecule has 0 bridgehead atoms. The van der Waals surface area contributed by atoms with Crippen molar-refractivity contribution in [1.29, 1.82) is 0 Å². The molecule has 0 N–H and O–H groups in total. The molecule has 0 amide bonds. The normalized spacial score (nSPS) is 12.2. The minimum Gasteiger partial charge on any atom is -0.493 e. The van der Waals surface area contributed by atoms with Crippen molar-refractivity contribution >= 4 is 33.4 Å². The van der Waals surface area contributed by atoms with Gasteiger partial charge in [-0.25, -0.2) is 9.38 Å². The second-order valence-corrected chi connectivity index (χ2v) is 6.49. The van der Waals surface area contributed by atoms with Crippen LogP contribution in [0.5, 0.6) is 11.5 Å². The lowest BCUT2D eigenvalue weighted by atomic mass is 10.2. The van der Waals surface area contributed by atoms with Crippen LogP contribution in [0.15, 0.2) is 47.3 Å². The van der Waals surface area contributed by atoms with Crippen LogP contribution in [0, 0.1) is 0 Å². The quantitative estimate of drug-likeness (QED) is 0.567. The van der Waals surface area contributed by atoms with Gasteiger partial charge in [0.1, 0.15) is 0 Å². The predicted molar refractivity (Wildman–Crippen MR) is 99.8 cm³/mol. The first-order valence-electron chi connectivity index (χ1n) is 7.94. The number of ether oxygens (including phenoxy) is 2. The van der Waals surface area contributed by atoms with Crippen LogP contribution < -0.4 is 19.6 Å². The summed E-state index contributed by atoms with van der Waals surface area (Å²) in [5, 5.41) is 0. The van der Waals surface area contributed by atoms with Crippen molar-refractivity contribution in [2.45, 2.75) is 6.92 Å². The Morgan fingerprint density at radius 2 is 2.04 bits per heavy atom. The highest BCUT2D eigenvalue weighted by molar-refractivity contribution is 7.15. The molecule has 4 rings (SSSR count). The molecule has 25 heavy (non-hydrogen) atoms. The third-order valence-electron chi connectivity index (χ3n) is 3.93. The van der Waals surface area contributed by atoms with E-state index in [9.17, 15) is 4.79 Å². The molecule has 0 aliphatic rings. The van der Waals surface area contributed by atoms with Gasteiger partial charge in [-0.15, -0.1) is 0 Å². The van der Waals surface area contributed by atoms with Crippen molar-refractivity contribution in [1.82, 2.24) is 9.38 Å². The fraction of sp³-hybridized carbons (Fsp3) is 0.158. The number of hydrogen-bond donors (Lipinski definition) is 0. The van der Waals surface area contributed by atoms with E-state index in [-0.39, 0.29) is 5.56 Å². The number of aromatic nitrogens is 2. The molecule has 2 heterocycles. The molecule has 5 nitrogen and oxygen atoms in total. The van der Waals surface area contributed by atoms with Crippen molar-refractivity contribution < 1.29 is 9.47 Å². The molecule has 2 aromatic carbocycles. The largest absolute Gasteiger partial charge is 0.493 e. The van der Waals surface area contributed by atoms with E-state index in [0.717, 1.165) is 16.6 Å². The third-order valence-corrected chi connectivity index (χ3v) is 4.90. The molecule has 0 aliphatic carbocycles. The van der Waals surface area contributed by atoms with E-state index < -0.39 is 0 Å². The number of hydrogen-bond acceptors (Lipinski definition) is 5. The molecule has 126 valence electrons. The van der Waals surface area contributed by atoms with Crippen molar-refractivity contribution in [3.8, 4) is 11.5 Å². The first-order chi connectivity index (χ1) is 12.2. The topological polar surface area (TPSA) is 52.8 Å². The summed E-state index contributed by atoms with van der Waals surface area (Å²) in [6.07, 6.45) is 1.86. The van der Waals surface area contributed by atoms with Crippen molar-refractivity contribution in [3.05, 3.63) is 62.9 Å². The smallest absolute Gasteiger partial charge is 0.274 e. The Balaban J connectivity index is 1.88. The lowest BCUT2D eigenvalue weighted by molar-refractivity contribution is 0.311. The maximum absolute atomic E-state index is 12.8. The number of thiazole rings is 1. The summed E-state index contributed by atoms with van der Waals surface area (Å²) in [6, 6.07) is 13.3. The maximum atomic E-state index is 12.8. The van der Waals surface area contributed by atoms with Crippen LogP contribution in [0.2, 0.25) is 0 Å². The molecule has 0 saturated carbocycles. The Morgan fingerprint density at radius 1 is 1.20 bits per heavy atom. The zero-order valence-electron chi connectivity index (χ0n) is 13.9. The molecule has 0 spiro atoms. The number of methoxy groups -OCH3 is 1. The Hall–Kier alpha value is -2.86. The van der Waals surface area contributed by atoms with Gasteiger partial charge in [0.15, 0.2) is 16.5 Å². The van der Waals surface area contributed by atoms with Gasteiger partial charge in [0.05, 0.1) is 29.3 Å². The summed E-state index contributed by atoms with van der Waals surface area (Å²) in [5.41, 5.74) is 2.50. The summed E-state index contributed by atoms with van der Waals surface area (Å²) in [5.74, 6) is 1.34. The molecular formula is C19H16N2O3S. The van der Waals surface area contributed by atoms with Crippen LogP contribution in [0.3, 0.4) is 0 Å². The van der Waals surface area contributed by atoms with Crippen LogP contribution in [0.25, 0.3) is 22.1 Å². The van der Waals surface area contributed by atoms with Gasteiger partial charge >= 0.3 is 0 Å². The number of para-hydroxylation sites is 2. The van der Waals surface area contributed by atoms with Gasteiger partial charge in [0, 0.05) is 0 Å². The zero-order valence-corrected chi connectivity index (χ0v) is 14.7. The second-order valence-electron chi connectivity index (χ2n) is 5.48. The minimum absolute atomic E-state index is 0.0533. The number of fused-ring (bicyclic) bond motifs is 3. The molecule has 6 heteroatoms. The predicted octanol–water partition coefficient (Wildman–Crippen LogP) is 2.86. The van der Waals surface area contributed by atoms with Gasteiger partial charge in [-0.3, -0.25) is 4.79 Å². The highest BCUT2D eigenvalue weighted by Crippen LogP contribution is 2.28. The molecule has 0 radical (unpaired) electrons. The standard InChI is InChI=1S/C19H16N2O3S/c1-3-24-16-10-12(8-9-15(16)23-2)11-17-18(22)21-14-7-5-4-6-13(14)20-19(21)25-17/h4-11H,3H2,1-2H3/b17-11-. The molecule has 0 aliphatic heterocycles. The van der Waals surface area contributed by atoms with Gasteiger partial charge in [0.2, 0.25) is 0 Å². The van der Waals surface area contributed by atoms with Gasteiger partial charge in [0.25, 0.3) is 5.56 Å². The Labute approximate surface area is 147 Å². The molecule has 2 aromatic heterocycles. The van der Waals surface area contributed by atoms with Gasteiger partial charge in [-0.1, -0.05) is 29.5 Å². The Kier molecular flexibility index (Phi) is 3.89. The third kappa shape index (κ3) is 2.64. The Bertz CT molecular complexity index is 1180. The summed E-state index contributed by atoms with van der Waals surface area (Å²) < 4.78 is 13.2. The monoisotopic (exact) mass is 352 g/mol. The van der Waals surface area contributed by atoms with E-state index in [4.69, 9.17) is 9.47 Å². The number of nitrogens with zero attached hydrogens (tertiary/aromatic N) is 2. The maximum Gasteiger partial charge on any atom is 0.274 e. The average molecular weight is 352 g/mol. The van der Waals surface area contributed by atoms with Crippen LogP contribution in [-0.2, 0) is 0 Å². The van der Waals surface area contributed by atoms with Crippen LogP contribution in [0.1, 0.15) is 12.5 Å². The van der Waals surface area contributed by atoms with Crippen LogP contribution >= 0.6 is 11.3 Å². The lowest BCUT2D eigenvalue weighted by Gasteiger charge is -2.09. The highest BCUT2D eigenvalue weighted by atomic mass is 32.1. The fourth-order valence-corrected chi connectivity index (χ4v) is 3.80. The number of rotatable bonds is 4. The van der Waals surface area contributed by atoms with E-state index in [0.29, 0.717) is 27.6 Å². The molecule has 0 atom stereocenters. The van der Waals surface area contributed by atoms with Gasteiger partial charge < -0.3 is 9.47 Å². The summed E-state index contributed by atoms with van der Waals surface area (Å²) in [6.45, 7) is 2.47. The fourth-order valence-electron chi connectivity index (χ4n) is 2.81. The summed E-state index contributed by atoms with van der Waals surface area (Å²) in [4.78, 5) is 18.0. The first kappa shape index (κ1) is 15.7. The van der Waals surface area contributed by atoms with Crippen molar-refractivity contribution in [2.75, 3.05) is 13.7 Å². The highest BCUT2D eigenvalue weighted by Gasteiger charge is 2.11. The lowest BCUT2D eigenvalue weighted by Crippen LogP contribution is -2.22. The minimum atomic E-state index is -0.0533. The second kappa shape index (κ2) is 6.22. The van der Waals surface area contributed by atoms with E-state index in [1.165, 1.54) is 11.3 Å². The van der Waals surface area contributed by atoms with E-state index >= 15 is 0 Å². The van der Waals surface area contributed by atoms with Crippen LogP contribution in [-0.4, -0.2) is 23.1 Å². The molecule has 0 unspecified atom stereocenters. The van der Waals surface area contributed by atoms with Crippen molar-refractivity contribution in [2.24, 2.45) is 0 Å². The average Bonchev–Trinajstić information content (AvgIpc) is 3.12. The number of imidazole rings is 1.